The van der Waals surface area contributed by atoms with Crippen LogP contribution in [-0.4, -0.2) is 43.2 Å². The van der Waals surface area contributed by atoms with Crippen molar-refractivity contribution in [3.63, 3.8) is 0 Å². The van der Waals surface area contributed by atoms with Gasteiger partial charge in [-0.25, -0.2) is 4.98 Å². The SMILES string of the molecule is CCNC(=NCCC1CC1)NC1CCN(c2ccc(C)cn2)CC1.I. The number of aliphatic imine (C=N–C) groups is 1. The molecule has 25 heavy (non-hydrogen) atoms. The number of guanidine groups is 1. The van der Waals surface area contributed by atoms with Gasteiger partial charge in [-0.2, -0.15) is 0 Å². The van der Waals surface area contributed by atoms with Crippen molar-refractivity contribution in [1.82, 2.24) is 15.6 Å². The average molecular weight is 457 g/mol. The van der Waals surface area contributed by atoms with E-state index in [0.29, 0.717) is 6.04 Å². The number of piperidine rings is 1. The zero-order valence-corrected chi connectivity index (χ0v) is 17.8. The first-order valence-electron chi connectivity index (χ1n) is 9.47. The number of hydrogen-bond acceptors (Lipinski definition) is 3. The summed E-state index contributed by atoms with van der Waals surface area (Å²) in [6.45, 7) is 8.18. The van der Waals surface area contributed by atoms with Gasteiger partial charge in [-0.15, -0.1) is 24.0 Å². The summed E-state index contributed by atoms with van der Waals surface area (Å²) in [6.07, 6.45) is 8.27. The van der Waals surface area contributed by atoms with E-state index in [-0.39, 0.29) is 24.0 Å². The predicted molar refractivity (Wildman–Crippen MR) is 116 cm³/mol. The third-order valence-corrected chi connectivity index (χ3v) is 4.90. The van der Waals surface area contributed by atoms with Crippen molar-refractivity contribution in [3.05, 3.63) is 23.9 Å². The Labute approximate surface area is 169 Å². The van der Waals surface area contributed by atoms with Gasteiger partial charge < -0.3 is 15.5 Å². The summed E-state index contributed by atoms with van der Waals surface area (Å²) in [5, 5.41) is 7.01. The molecule has 0 amide bonds. The van der Waals surface area contributed by atoms with Crippen molar-refractivity contribution in [2.24, 2.45) is 10.9 Å². The van der Waals surface area contributed by atoms with Crippen LogP contribution < -0.4 is 15.5 Å². The molecule has 1 saturated carbocycles. The number of rotatable bonds is 6. The molecule has 0 bridgehead atoms. The summed E-state index contributed by atoms with van der Waals surface area (Å²) in [5.41, 5.74) is 1.22. The van der Waals surface area contributed by atoms with Crippen LogP contribution in [0, 0.1) is 12.8 Å². The van der Waals surface area contributed by atoms with Crippen molar-refractivity contribution in [3.8, 4) is 0 Å². The van der Waals surface area contributed by atoms with Gasteiger partial charge in [0.15, 0.2) is 5.96 Å². The fraction of sp³-hybridized carbons (Fsp3) is 0.684. The number of aryl methyl sites for hydroxylation is 1. The Morgan fingerprint density at radius 1 is 1.24 bits per heavy atom. The molecule has 0 atom stereocenters. The highest BCUT2D eigenvalue weighted by molar-refractivity contribution is 14.0. The average Bonchev–Trinajstić information content (AvgIpc) is 3.41. The van der Waals surface area contributed by atoms with Crippen LogP contribution in [0.1, 0.15) is 44.6 Å². The lowest BCUT2D eigenvalue weighted by Crippen LogP contribution is -2.49. The first-order chi connectivity index (χ1) is 11.7. The lowest BCUT2D eigenvalue weighted by Gasteiger charge is -2.33. The zero-order chi connectivity index (χ0) is 16.8. The third-order valence-electron chi connectivity index (χ3n) is 4.90. The molecule has 3 rings (SSSR count). The number of nitrogens with one attached hydrogen (secondary N) is 2. The van der Waals surface area contributed by atoms with E-state index >= 15 is 0 Å². The third kappa shape index (κ3) is 6.64. The van der Waals surface area contributed by atoms with E-state index in [9.17, 15) is 0 Å². The lowest BCUT2D eigenvalue weighted by molar-refractivity contribution is 0.459. The maximum absolute atomic E-state index is 4.74. The Balaban J connectivity index is 0.00000225. The van der Waals surface area contributed by atoms with E-state index < -0.39 is 0 Å². The minimum absolute atomic E-state index is 0. The van der Waals surface area contributed by atoms with Crippen molar-refractivity contribution < 1.29 is 0 Å². The monoisotopic (exact) mass is 457 g/mol. The van der Waals surface area contributed by atoms with E-state index in [4.69, 9.17) is 4.99 Å². The normalized spacial score (nSPS) is 18.6. The molecule has 0 radical (unpaired) electrons. The molecule has 1 saturated heterocycles. The van der Waals surface area contributed by atoms with Gasteiger partial charge in [0.2, 0.25) is 0 Å². The second kappa shape index (κ2) is 10.2. The van der Waals surface area contributed by atoms with Gasteiger partial charge >= 0.3 is 0 Å². The van der Waals surface area contributed by atoms with Gasteiger partial charge in [-0.1, -0.05) is 18.9 Å². The maximum atomic E-state index is 4.74. The molecule has 0 spiro atoms. The Morgan fingerprint density at radius 3 is 2.60 bits per heavy atom. The molecular weight excluding hydrogens is 425 g/mol. The molecule has 2 N–H and O–H groups in total. The van der Waals surface area contributed by atoms with Crippen LogP contribution in [0.25, 0.3) is 0 Å². The second-order valence-corrected chi connectivity index (χ2v) is 7.09. The topological polar surface area (TPSA) is 52.6 Å². The number of hydrogen-bond donors (Lipinski definition) is 2. The minimum Gasteiger partial charge on any atom is -0.357 e. The molecule has 1 aliphatic heterocycles. The molecule has 2 heterocycles. The van der Waals surface area contributed by atoms with Crippen LogP contribution in [0.5, 0.6) is 0 Å². The van der Waals surface area contributed by atoms with Crippen LogP contribution in [0.3, 0.4) is 0 Å². The number of pyridine rings is 1. The molecule has 6 heteroatoms. The lowest BCUT2D eigenvalue weighted by atomic mass is 10.1. The number of nitrogens with zero attached hydrogens (tertiary/aromatic N) is 3. The summed E-state index contributed by atoms with van der Waals surface area (Å²) in [4.78, 5) is 11.7. The Kier molecular flexibility index (Phi) is 8.26. The van der Waals surface area contributed by atoms with Crippen LogP contribution in [0.15, 0.2) is 23.3 Å². The highest BCUT2D eigenvalue weighted by Crippen LogP contribution is 2.32. The molecule has 0 unspecified atom stereocenters. The molecule has 140 valence electrons. The van der Waals surface area contributed by atoms with Crippen molar-refractivity contribution in [2.75, 3.05) is 31.1 Å². The fourth-order valence-corrected chi connectivity index (χ4v) is 3.18. The summed E-state index contributed by atoms with van der Waals surface area (Å²) >= 11 is 0. The molecule has 1 aromatic heterocycles. The number of aromatic nitrogens is 1. The first-order valence-corrected chi connectivity index (χ1v) is 9.47. The minimum atomic E-state index is 0. The van der Waals surface area contributed by atoms with Gasteiger partial charge in [-0.05, 0) is 50.7 Å². The standard InChI is InChI=1S/C19H31N5.HI/c1-3-20-19(21-11-8-16-5-6-16)23-17-9-12-24(13-10-17)18-7-4-15(2)14-22-18;/h4,7,14,16-17H,3,5-6,8-13H2,1-2H3,(H2,20,21,23);1H. The van der Waals surface area contributed by atoms with E-state index in [0.717, 1.165) is 56.7 Å². The molecule has 5 nitrogen and oxygen atoms in total. The van der Waals surface area contributed by atoms with E-state index in [1.165, 1.54) is 24.8 Å². The zero-order valence-electron chi connectivity index (χ0n) is 15.5. The Morgan fingerprint density at radius 2 is 2.00 bits per heavy atom. The van der Waals surface area contributed by atoms with Crippen LogP contribution in [-0.2, 0) is 0 Å². The quantitative estimate of drug-likeness (QED) is 0.391. The molecule has 1 aliphatic carbocycles. The van der Waals surface area contributed by atoms with Crippen LogP contribution in [0.2, 0.25) is 0 Å². The second-order valence-electron chi connectivity index (χ2n) is 7.09. The van der Waals surface area contributed by atoms with Crippen LogP contribution >= 0.6 is 24.0 Å². The van der Waals surface area contributed by atoms with E-state index in [1.54, 1.807) is 0 Å². The first kappa shape index (κ1) is 20.3. The highest BCUT2D eigenvalue weighted by Gasteiger charge is 2.22. The summed E-state index contributed by atoms with van der Waals surface area (Å²) in [5.74, 6) is 3.04. The van der Waals surface area contributed by atoms with Gasteiger partial charge in [-0.3, -0.25) is 4.99 Å². The van der Waals surface area contributed by atoms with Gasteiger partial charge in [0.05, 0.1) is 0 Å². The molecular formula is C19H32IN5. The number of anilines is 1. The van der Waals surface area contributed by atoms with Crippen molar-refractivity contribution >= 4 is 35.8 Å². The fourth-order valence-electron chi connectivity index (χ4n) is 3.18. The van der Waals surface area contributed by atoms with Gasteiger partial charge in [0, 0.05) is 38.4 Å². The molecule has 2 fully saturated rings. The Hall–Kier alpha value is -1.05. The largest absolute Gasteiger partial charge is 0.357 e. The van der Waals surface area contributed by atoms with Crippen molar-refractivity contribution in [1.29, 1.82) is 0 Å². The summed E-state index contributed by atoms with van der Waals surface area (Å²) < 4.78 is 0. The van der Waals surface area contributed by atoms with Crippen LogP contribution in [0.4, 0.5) is 5.82 Å². The summed E-state index contributed by atoms with van der Waals surface area (Å²) in [7, 11) is 0. The number of halogens is 1. The Bertz CT molecular complexity index is 533. The highest BCUT2D eigenvalue weighted by atomic mass is 127. The van der Waals surface area contributed by atoms with Crippen molar-refractivity contribution in [2.45, 2.75) is 52.0 Å². The summed E-state index contributed by atoms with van der Waals surface area (Å²) in [6, 6.07) is 4.78. The van der Waals surface area contributed by atoms with E-state index in [1.807, 2.05) is 6.20 Å². The smallest absolute Gasteiger partial charge is 0.191 e. The molecule has 0 aromatic carbocycles. The molecule has 2 aliphatic rings. The van der Waals surface area contributed by atoms with Gasteiger partial charge in [0.25, 0.3) is 0 Å². The maximum Gasteiger partial charge on any atom is 0.191 e. The van der Waals surface area contributed by atoms with Gasteiger partial charge in [0.1, 0.15) is 5.82 Å². The predicted octanol–water partition coefficient (Wildman–Crippen LogP) is 3.33. The van der Waals surface area contributed by atoms with E-state index in [2.05, 4.69) is 46.5 Å². The molecule has 1 aromatic rings.